The van der Waals surface area contributed by atoms with E-state index in [0.717, 1.165) is 0 Å². The summed E-state index contributed by atoms with van der Waals surface area (Å²) in [6, 6.07) is 0. The number of hydrogen-bond acceptors (Lipinski definition) is 0. The molecule has 16 heavy (non-hydrogen) atoms. The minimum absolute atomic E-state index is 1.36. The van der Waals surface area contributed by atoms with E-state index < -0.39 is 7.25 Å². The van der Waals surface area contributed by atoms with Crippen LogP contribution in [-0.2, 0) is 0 Å². The summed E-state index contributed by atoms with van der Waals surface area (Å²) in [5.41, 5.74) is 1.77. The van der Waals surface area contributed by atoms with Crippen molar-refractivity contribution in [2.75, 3.05) is 13.1 Å². The van der Waals surface area contributed by atoms with Gasteiger partial charge < -0.3 is 17.3 Å². The van der Waals surface area contributed by atoms with Crippen LogP contribution < -0.4 is 0 Å². The zero-order chi connectivity index (χ0) is 12.0. The predicted octanol–water partition coefficient (Wildman–Crippen LogP) is 3.50. The zero-order valence-electron chi connectivity index (χ0n) is 9.40. The molecule has 2 rings (SSSR count). The van der Waals surface area contributed by atoms with Gasteiger partial charge in [0.25, 0.3) is 0 Å². The van der Waals surface area contributed by atoms with Crippen molar-refractivity contribution in [3.63, 3.8) is 0 Å². The van der Waals surface area contributed by atoms with Crippen LogP contribution in [0.25, 0.3) is 0 Å². The molecule has 0 atom stereocenters. The Morgan fingerprint density at radius 2 is 1.19 bits per heavy atom. The molecule has 0 radical (unpaired) electrons. The average molecular weight is 239 g/mol. The summed E-state index contributed by atoms with van der Waals surface area (Å²) in [5.74, 6) is 0. The van der Waals surface area contributed by atoms with Crippen LogP contribution in [0.3, 0.4) is 0 Å². The molecule has 2 aliphatic rings. The molecular weight excluding hydrogens is 221 g/mol. The van der Waals surface area contributed by atoms with Crippen molar-refractivity contribution in [1.82, 2.24) is 0 Å². The van der Waals surface area contributed by atoms with Gasteiger partial charge in [0.15, 0.2) is 5.71 Å². The number of halogens is 4. The van der Waals surface area contributed by atoms with E-state index in [-0.39, 0.29) is 0 Å². The predicted molar refractivity (Wildman–Crippen MR) is 57.5 cm³/mol. The average Bonchev–Trinajstić information content (AvgIpc) is 2.69. The van der Waals surface area contributed by atoms with E-state index in [9.17, 15) is 17.3 Å². The van der Waals surface area contributed by atoms with Crippen LogP contribution in [0.5, 0.6) is 0 Å². The van der Waals surface area contributed by atoms with Crippen LogP contribution in [-0.4, -0.2) is 30.6 Å². The van der Waals surface area contributed by atoms with Crippen LogP contribution in [0.1, 0.15) is 44.9 Å². The summed E-state index contributed by atoms with van der Waals surface area (Å²) < 4.78 is 41.6. The summed E-state index contributed by atoms with van der Waals surface area (Å²) >= 11 is 0. The number of rotatable bonds is 0. The van der Waals surface area contributed by atoms with Crippen molar-refractivity contribution in [2.24, 2.45) is 0 Å². The first-order chi connectivity index (χ1) is 7.47. The third-order valence-electron chi connectivity index (χ3n) is 2.98. The molecule has 1 saturated carbocycles. The Bertz CT molecular complexity index is 228. The Kier molecular flexibility index (Phi) is 5.28. The zero-order valence-corrected chi connectivity index (χ0v) is 9.40. The molecule has 0 bridgehead atoms. The SMILES string of the molecule is C1CCC(=[N+]2CCCC2)CC1.F[B-](F)(F)F. The van der Waals surface area contributed by atoms with Crippen molar-refractivity contribution in [2.45, 2.75) is 44.9 Å². The van der Waals surface area contributed by atoms with Gasteiger partial charge >= 0.3 is 7.25 Å². The molecule has 0 unspecified atom stereocenters. The van der Waals surface area contributed by atoms with Gasteiger partial charge in [0.2, 0.25) is 0 Å². The second-order valence-corrected chi connectivity index (χ2v) is 4.32. The monoisotopic (exact) mass is 239 g/mol. The van der Waals surface area contributed by atoms with Crippen molar-refractivity contribution in [1.29, 1.82) is 0 Å². The second kappa shape index (κ2) is 6.25. The molecule has 94 valence electrons. The van der Waals surface area contributed by atoms with E-state index in [1.54, 1.807) is 5.71 Å². The van der Waals surface area contributed by atoms with Gasteiger partial charge in [-0.3, -0.25) is 0 Å². The summed E-state index contributed by atoms with van der Waals surface area (Å²) in [7, 11) is -6.00. The smallest absolute Gasteiger partial charge is 0.418 e. The van der Waals surface area contributed by atoms with Gasteiger partial charge in [-0.15, -0.1) is 0 Å². The summed E-state index contributed by atoms with van der Waals surface area (Å²) in [5, 5.41) is 0. The normalized spacial score (nSPS) is 21.8. The minimum atomic E-state index is -6.00. The van der Waals surface area contributed by atoms with Crippen molar-refractivity contribution in [3.05, 3.63) is 0 Å². The van der Waals surface area contributed by atoms with Gasteiger partial charge in [0.05, 0.1) is 0 Å². The number of hydrogen-bond donors (Lipinski definition) is 0. The lowest BCUT2D eigenvalue weighted by Crippen LogP contribution is -2.20. The molecule has 0 spiro atoms. The minimum Gasteiger partial charge on any atom is -0.418 e. The quantitative estimate of drug-likeness (QED) is 0.345. The van der Waals surface area contributed by atoms with Crippen LogP contribution in [0, 0.1) is 0 Å². The molecule has 2 fully saturated rings. The Hall–Kier alpha value is -0.545. The highest BCUT2D eigenvalue weighted by molar-refractivity contribution is 6.50. The van der Waals surface area contributed by atoms with E-state index in [1.165, 1.54) is 58.0 Å². The highest BCUT2D eigenvalue weighted by atomic mass is 19.5. The summed E-state index contributed by atoms with van der Waals surface area (Å²) in [6.45, 7) is 2.71. The summed E-state index contributed by atoms with van der Waals surface area (Å²) in [4.78, 5) is 0. The topological polar surface area (TPSA) is 3.01 Å². The largest absolute Gasteiger partial charge is 0.673 e. The lowest BCUT2D eigenvalue weighted by Gasteiger charge is -2.10. The first-order valence-corrected chi connectivity index (χ1v) is 5.94. The molecule has 1 aliphatic carbocycles. The fraction of sp³-hybridized carbons (Fsp3) is 0.900. The standard InChI is InChI=1S/C10H18N.BF4/c1-2-6-10(7-3-1)11-8-4-5-9-11;2-1(3,4)5/h1-9H2;/q+1;-1. The Labute approximate surface area is 93.6 Å². The van der Waals surface area contributed by atoms with E-state index in [1.807, 2.05) is 0 Å². The number of nitrogens with zero attached hydrogens (tertiary/aromatic N) is 1. The maximum Gasteiger partial charge on any atom is 0.673 e. The molecule has 1 aliphatic heterocycles. The van der Waals surface area contributed by atoms with Crippen LogP contribution in [0.15, 0.2) is 0 Å². The van der Waals surface area contributed by atoms with Gasteiger partial charge in [-0.2, -0.15) is 0 Å². The van der Waals surface area contributed by atoms with E-state index in [4.69, 9.17) is 0 Å². The lowest BCUT2D eigenvalue weighted by atomic mass is 9.98. The molecule has 0 amide bonds. The molecule has 6 heteroatoms. The molecule has 0 N–H and O–H groups in total. The maximum atomic E-state index is 9.75. The van der Waals surface area contributed by atoms with Crippen molar-refractivity contribution < 1.29 is 21.8 Å². The fourth-order valence-corrected chi connectivity index (χ4v) is 2.31. The molecule has 0 aromatic carbocycles. The van der Waals surface area contributed by atoms with Gasteiger partial charge in [-0.1, -0.05) is 6.42 Å². The second-order valence-electron chi connectivity index (χ2n) is 4.32. The Morgan fingerprint density at radius 1 is 0.750 bits per heavy atom. The van der Waals surface area contributed by atoms with Crippen LogP contribution in [0.4, 0.5) is 17.3 Å². The third-order valence-corrected chi connectivity index (χ3v) is 2.98. The Morgan fingerprint density at radius 3 is 1.62 bits per heavy atom. The van der Waals surface area contributed by atoms with E-state index >= 15 is 0 Å². The van der Waals surface area contributed by atoms with E-state index in [2.05, 4.69) is 4.58 Å². The van der Waals surface area contributed by atoms with Gasteiger partial charge in [0, 0.05) is 25.7 Å². The Balaban J connectivity index is 0.000000221. The molecule has 1 saturated heterocycles. The lowest BCUT2D eigenvalue weighted by molar-refractivity contribution is -0.508. The fourth-order valence-electron chi connectivity index (χ4n) is 2.31. The molecular formula is C10H18BF4N. The third kappa shape index (κ3) is 6.13. The summed E-state index contributed by atoms with van der Waals surface area (Å²) in [6.07, 6.45) is 10.0. The highest BCUT2D eigenvalue weighted by Gasteiger charge is 2.21. The molecule has 0 aromatic heterocycles. The van der Waals surface area contributed by atoms with Crippen molar-refractivity contribution in [3.8, 4) is 0 Å². The first kappa shape index (κ1) is 13.5. The van der Waals surface area contributed by atoms with Crippen LogP contribution in [0.2, 0.25) is 0 Å². The molecule has 1 nitrogen and oxygen atoms in total. The highest BCUT2D eigenvalue weighted by Crippen LogP contribution is 2.16. The molecule has 1 heterocycles. The van der Waals surface area contributed by atoms with Gasteiger partial charge in [0.1, 0.15) is 13.1 Å². The molecule has 0 aromatic rings. The van der Waals surface area contributed by atoms with Gasteiger partial charge in [-0.05, 0) is 12.8 Å². The first-order valence-electron chi connectivity index (χ1n) is 5.94. The van der Waals surface area contributed by atoms with Crippen molar-refractivity contribution >= 4 is 13.0 Å². The van der Waals surface area contributed by atoms with E-state index in [0.29, 0.717) is 0 Å². The van der Waals surface area contributed by atoms with Gasteiger partial charge in [-0.25, -0.2) is 4.58 Å². The van der Waals surface area contributed by atoms with Crippen LogP contribution >= 0.6 is 0 Å². The maximum absolute atomic E-state index is 9.75.